The van der Waals surface area contributed by atoms with Crippen molar-refractivity contribution in [1.29, 1.82) is 0 Å². The van der Waals surface area contributed by atoms with Crippen molar-refractivity contribution in [3.8, 4) is 22.8 Å². The van der Waals surface area contributed by atoms with Crippen LogP contribution < -0.4 is 14.8 Å². The fourth-order valence-electron chi connectivity index (χ4n) is 3.14. The maximum Gasteiger partial charge on any atom is 0.267 e. The summed E-state index contributed by atoms with van der Waals surface area (Å²) < 4.78 is 12.6. The molecule has 0 saturated heterocycles. The molecule has 4 aromatic rings. The van der Waals surface area contributed by atoms with E-state index in [1.165, 1.54) is 16.9 Å². The van der Waals surface area contributed by atoms with Gasteiger partial charge in [-0.05, 0) is 50.6 Å². The standard InChI is InChI=1S/C22H22N4O3S/c1-13-5-10-18(14(2)11-13)19-12-30-22-24-21(25-26(19)22)23-20(27)15(3)29-17-8-6-16(28-4)7-9-17/h5-12,15H,1-4H3,(H,23,25,27). The molecule has 4 rings (SSSR count). The lowest BCUT2D eigenvalue weighted by Gasteiger charge is -2.13. The van der Waals surface area contributed by atoms with Gasteiger partial charge < -0.3 is 9.47 Å². The van der Waals surface area contributed by atoms with E-state index in [4.69, 9.17) is 9.47 Å². The van der Waals surface area contributed by atoms with Crippen LogP contribution in [0, 0.1) is 13.8 Å². The molecule has 8 heteroatoms. The second-order valence-electron chi connectivity index (χ2n) is 6.99. The van der Waals surface area contributed by atoms with E-state index in [0.717, 1.165) is 22.6 Å². The molecule has 0 aliphatic carbocycles. The number of carbonyl (C=O) groups excluding carboxylic acids is 1. The molecule has 1 atom stereocenters. The zero-order valence-corrected chi connectivity index (χ0v) is 18.0. The predicted octanol–water partition coefficient (Wildman–Crippen LogP) is 4.49. The summed E-state index contributed by atoms with van der Waals surface area (Å²) in [6.07, 6.45) is -0.709. The molecular formula is C22H22N4O3S. The first-order chi connectivity index (χ1) is 14.4. The lowest BCUT2D eigenvalue weighted by molar-refractivity contribution is -0.122. The number of aromatic nitrogens is 3. The third kappa shape index (κ3) is 3.99. The second-order valence-corrected chi connectivity index (χ2v) is 7.83. The Morgan fingerprint density at radius 3 is 2.57 bits per heavy atom. The summed E-state index contributed by atoms with van der Waals surface area (Å²) in [6, 6.07) is 13.4. The number of methoxy groups -OCH3 is 1. The minimum Gasteiger partial charge on any atom is -0.497 e. The number of benzene rings is 2. The van der Waals surface area contributed by atoms with Crippen LogP contribution in [0.25, 0.3) is 16.2 Å². The number of aryl methyl sites for hydroxylation is 2. The highest BCUT2D eigenvalue weighted by Gasteiger charge is 2.19. The average Bonchev–Trinajstić information content (AvgIpc) is 3.29. The summed E-state index contributed by atoms with van der Waals surface area (Å²) in [5, 5.41) is 9.24. The first-order valence-electron chi connectivity index (χ1n) is 9.48. The van der Waals surface area contributed by atoms with E-state index >= 15 is 0 Å². The van der Waals surface area contributed by atoms with Gasteiger partial charge in [-0.3, -0.25) is 10.1 Å². The maximum absolute atomic E-state index is 12.5. The monoisotopic (exact) mass is 422 g/mol. The number of fused-ring (bicyclic) bond motifs is 1. The van der Waals surface area contributed by atoms with E-state index in [2.05, 4.69) is 47.4 Å². The maximum atomic E-state index is 12.5. The van der Waals surface area contributed by atoms with Crippen LogP contribution in [0.2, 0.25) is 0 Å². The normalized spacial score (nSPS) is 12.0. The van der Waals surface area contributed by atoms with Crippen LogP contribution in [0.15, 0.2) is 47.8 Å². The van der Waals surface area contributed by atoms with E-state index in [9.17, 15) is 4.79 Å². The van der Waals surface area contributed by atoms with Gasteiger partial charge in [-0.15, -0.1) is 16.4 Å². The zero-order valence-electron chi connectivity index (χ0n) is 17.2. The molecule has 0 aliphatic rings. The number of nitrogens with zero attached hydrogens (tertiary/aromatic N) is 3. The first-order valence-corrected chi connectivity index (χ1v) is 10.4. The molecule has 7 nitrogen and oxygen atoms in total. The fourth-order valence-corrected chi connectivity index (χ4v) is 3.97. The van der Waals surface area contributed by atoms with Gasteiger partial charge in [-0.1, -0.05) is 23.8 Å². The molecule has 0 saturated carbocycles. The number of hydrogen-bond acceptors (Lipinski definition) is 6. The van der Waals surface area contributed by atoms with Gasteiger partial charge in [0.25, 0.3) is 11.9 Å². The van der Waals surface area contributed by atoms with Gasteiger partial charge in [0.15, 0.2) is 6.10 Å². The Bertz CT molecular complexity index is 1200. The van der Waals surface area contributed by atoms with Gasteiger partial charge >= 0.3 is 0 Å². The van der Waals surface area contributed by atoms with E-state index in [1.807, 2.05) is 5.38 Å². The Kier molecular flexibility index (Phi) is 5.41. The van der Waals surface area contributed by atoms with Gasteiger partial charge in [-0.25, -0.2) is 4.52 Å². The average molecular weight is 423 g/mol. The van der Waals surface area contributed by atoms with Crippen LogP contribution in [0.3, 0.4) is 0 Å². The SMILES string of the molecule is COc1ccc(OC(C)C(=O)Nc2nc3scc(-c4ccc(C)cc4C)n3n2)cc1. The van der Waals surface area contributed by atoms with E-state index < -0.39 is 6.10 Å². The lowest BCUT2D eigenvalue weighted by atomic mass is 10.0. The summed E-state index contributed by atoms with van der Waals surface area (Å²) >= 11 is 1.48. The number of carbonyl (C=O) groups is 1. The lowest BCUT2D eigenvalue weighted by Crippen LogP contribution is -2.30. The molecule has 2 aromatic heterocycles. The Morgan fingerprint density at radius 2 is 1.87 bits per heavy atom. The molecular weight excluding hydrogens is 400 g/mol. The molecule has 2 aromatic carbocycles. The fraction of sp³-hybridized carbons (Fsp3) is 0.227. The van der Waals surface area contributed by atoms with E-state index in [-0.39, 0.29) is 11.9 Å². The smallest absolute Gasteiger partial charge is 0.267 e. The summed E-state index contributed by atoms with van der Waals surface area (Å²) in [5.74, 6) is 1.23. The van der Waals surface area contributed by atoms with E-state index in [1.54, 1.807) is 42.8 Å². The number of hydrogen-bond donors (Lipinski definition) is 1. The van der Waals surface area contributed by atoms with Crippen molar-refractivity contribution in [2.45, 2.75) is 26.9 Å². The van der Waals surface area contributed by atoms with Gasteiger partial charge in [0.2, 0.25) is 4.96 Å². The van der Waals surface area contributed by atoms with Crippen molar-refractivity contribution < 1.29 is 14.3 Å². The molecule has 0 radical (unpaired) electrons. The quantitative estimate of drug-likeness (QED) is 0.495. The molecule has 1 amide bonds. The van der Waals surface area contributed by atoms with Crippen LogP contribution >= 0.6 is 11.3 Å². The molecule has 0 fully saturated rings. The van der Waals surface area contributed by atoms with Gasteiger partial charge in [-0.2, -0.15) is 4.98 Å². The minimum atomic E-state index is -0.709. The molecule has 0 aliphatic heterocycles. The van der Waals surface area contributed by atoms with E-state index in [0.29, 0.717) is 10.7 Å². The summed E-state index contributed by atoms with van der Waals surface area (Å²) in [4.78, 5) is 17.7. The van der Waals surface area contributed by atoms with Crippen molar-refractivity contribution in [2.75, 3.05) is 12.4 Å². The minimum absolute atomic E-state index is 0.253. The largest absolute Gasteiger partial charge is 0.497 e. The Labute approximate surface area is 178 Å². The van der Waals surface area contributed by atoms with Crippen LogP contribution in [-0.4, -0.2) is 33.7 Å². The Balaban J connectivity index is 1.49. The van der Waals surface area contributed by atoms with Crippen LogP contribution in [0.4, 0.5) is 5.95 Å². The van der Waals surface area contributed by atoms with Crippen molar-refractivity contribution in [3.05, 3.63) is 59.0 Å². The molecule has 0 spiro atoms. The number of ether oxygens (including phenoxy) is 2. The van der Waals surface area contributed by atoms with Gasteiger partial charge in [0, 0.05) is 10.9 Å². The summed E-state index contributed by atoms with van der Waals surface area (Å²) in [7, 11) is 1.60. The molecule has 0 bridgehead atoms. The summed E-state index contributed by atoms with van der Waals surface area (Å²) in [6.45, 7) is 5.82. The van der Waals surface area contributed by atoms with Crippen LogP contribution in [0.1, 0.15) is 18.1 Å². The Hall–Kier alpha value is -3.39. The predicted molar refractivity (Wildman–Crippen MR) is 117 cm³/mol. The third-order valence-corrected chi connectivity index (χ3v) is 5.53. The topological polar surface area (TPSA) is 77.8 Å². The van der Waals surface area contributed by atoms with Gasteiger partial charge in [0.05, 0.1) is 12.8 Å². The highest BCUT2D eigenvalue weighted by atomic mass is 32.1. The molecule has 30 heavy (non-hydrogen) atoms. The number of anilines is 1. The number of thiazole rings is 1. The number of nitrogens with one attached hydrogen (secondary N) is 1. The van der Waals surface area contributed by atoms with Crippen LogP contribution in [-0.2, 0) is 4.79 Å². The number of amides is 1. The Morgan fingerprint density at radius 1 is 1.13 bits per heavy atom. The van der Waals surface area contributed by atoms with Gasteiger partial charge in [0.1, 0.15) is 11.5 Å². The third-order valence-electron chi connectivity index (χ3n) is 4.72. The van der Waals surface area contributed by atoms with Crippen molar-refractivity contribution in [3.63, 3.8) is 0 Å². The first kappa shape index (κ1) is 19.9. The van der Waals surface area contributed by atoms with Crippen LogP contribution in [0.5, 0.6) is 11.5 Å². The second kappa shape index (κ2) is 8.16. The molecule has 2 heterocycles. The molecule has 1 unspecified atom stereocenters. The summed E-state index contributed by atoms with van der Waals surface area (Å²) in [5.41, 5.74) is 4.41. The van der Waals surface area contributed by atoms with Crippen molar-refractivity contribution in [2.24, 2.45) is 0 Å². The molecule has 1 N–H and O–H groups in total. The molecule has 154 valence electrons. The zero-order chi connectivity index (χ0) is 21.3. The highest BCUT2D eigenvalue weighted by molar-refractivity contribution is 7.15. The number of rotatable bonds is 6. The van der Waals surface area contributed by atoms with Crippen molar-refractivity contribution in [1.82, 2.24) is 14.6 Å². The highest BCUT2D eigenvalue weighted by Crippen LogP contribution is 2.29. The van der Waals surface area contributed by atoms with Crippen molar-refractivity contribution >= 4 is 28.2 Å².